The summed E-state index contributed by atoms with van der Waals surface area (Å²) in [5.74, 6) is -1.59. The second kappa shape index (κ2) is 97.7. The highest BCUT2D eigenvalue weighted by Gasteiger charge is 2.30. The van der Waals surface area contributed by atoms with Crippen LogP contribution in [0.2, 0.25) is 0 Å². The number of hydrogen-bond acceptors (Lipinski definition) is 14. The number of aliphatic hydroxyl groups excluding tert-OH is 2. The molecule has 0 radical (unpaired) electrons. The van der Waals surface area contributed by atoms with Gasteiger partial charge in [-0.3, -0.25) is 32.5 Å². The molecule has 18 heteroatoms. The topological polar surface area (TPSA) is 231 Å². The van der Waals surface area contributed by atoms with E-state index in [2.05, 4.69) is 203 Å². The van der Waals surface area contributed by atoms with Crippen LogP contribution in [0.3, 0.4) is 0 Å². The average Bonchev–Trinajstić information content (AvgIpc) is 0.898. The third kappa shape index (κ3) is 99.1. The van der Waals surface area contributed by atoms with E-state index in [1.807, 2.05) is 0 Å². The molecule has 0 spiro atoms. The Morgan fingerprint density at radius 2 is 0.424 bits per heavy atom. The SMILES string of the molecule is CC/C=C\C/C=C\C/C=C\C/C=C\C/C=C\C/C=C\CCCCCCC(=O)OC(COC(=O)CCCCCCCCCCCCCCCCC/C=C\C/C=C\C/C=C\C/C=C\C/C=C\CC)COP(=O)(O)OCC(O)COP(=O)(O)OCC(O)COC(=O)CCCCCCCCCCCCCCCCCCCCC/C=C\C/C=C\C/C=C\C/C=C\CCCCC. The Morgan fingerprint density at radius 1 is 0.232 bits per heavy atom. The normalized spacial score (nSPS) is 14.5. The van der Waals surface area contributed by atoms with Gasteiger partial charge < -0.3 is 34.2 Å². The van der Waals surface area contributed by atoms with Crippen molar-refractivity contribution >= 4 is 33.6 Å². The van der Waals surface area contributed by atoms with Gasteiger partial charge in [-0.2, -0.15) is 0 Å². The van der Waals surface area contributed by atoms with Crippen LogP contribution in [0.1, 0.15) is 419 Å². The number of rotatable bonds is 94. The summed E-state index contributed by atoms with van der Waals surface area (Å²) in [4.78, 5) is 59.1. The minimum Gasteiger partial charge on any atom is -0.463 e. The zero-order valence-corrected chi connectivity index (χ0v) is 81.0. The van der Waals surface area contributed by atoms with Gasteiger partial charge in [0.25, 0.3) is 0 Å². The fourth-order valence-electron chi connectivity index (χ4n) is 13.6. The van der Waals surface area contributed by atoms with Crippen molar-refractivity contribution in [3.05, 3.63) is 182 Å². The Hall–Kier alpha value is -5.35. The molecule has 0 aliphatic heterocycles. The number of esters is 3. The molecular formula is C107H182O16P2. The first-order chi connectivity index (χ1) is 61.2. The summed E-state index contributed by atoms with van der Waals surface area (Å²) in [7, 11) is -9.83. The fraction of sp³-hybridized carbons (Fsp3) is 0.692. The molecule has 0 aromatic rings. The average molecular weight is 1790 g/mol. The maximum absolute atomic E-state index is 13.1. The summed E-state index contributed by atoms with van der Waals surface area (Å²) >= 11 is 0. The number of phosphoric ester groups is 2. The molecule has 4 N–H and O–H groups in total. The van der Waals surface area contributed by atoms with Gasteiger partial charge >= 0.3 is 33.6 Å². The molecule has 0 fully saturated rings. The minimum atomic E-state index is -4.96. The molecular weight excluding hydrogens is 1600 g/mol. The van der Waals surface area contributed by atoms with Crippen LogP contribution >= 0.6 is 15.6 Å². The van der Waals surface area contributed by atoms with Gasteiger partial charge in [0.05, 0.1) is 26.4 Å². The van der Waals surface area contributed by atoms with Crippen molar-refractivity contribution in [1.29, 1.82) is 0 Å². The van der Waals surface area contributed by atoms with Crippen LogP contribution in [0.15, 0.2) is 182 Å². The minimum absolute atomic E-state index is 0.0703. The van der Waals surface area contributed by atoms with Gasteiger partial charge in [-0.05, 0) is 161 Å². The van der Waals surface area contributed by atoms with Gasteiger partial charge in [-0.1, -0.05) is 421 Å². The smallest absolute Gasteiger partial charge is 0.463 e. The van der Waals surface area contributed by atoms with E-state index in [1.165, 1.54) is 199 Å². The van der Waals surface area contributed by atoms with Crippen molar-refractivity contribution in [3.8, 4) is 0 Å². The number of aliphatic hydroxyl groups is 2. The van der Waals surface area contributed by atoms with Gasteiger partial charge in [0, 0.05) is 19.3 Å². The molecule has 0 heterocycles. The Kier molecular flexibility index (Phi) is 93.5. The summed E-state index contributed by atoms with van der Waals surface area (Å²) in [6, 6.07) is 0. The molecule has 716 valence electrons. The summed E-state index contributed by atoms with van der Waals surface area (Å²) in [5.41, 5.74) is 0. The lowest BCUT2D eigenvalue weighted by Crippen LogP contribution is -2.30. The Morgan fingerprint density at radius 3 is 0.672 bits per heavy atom. The van der Waals surface area contributed by atoms with Crippen molar-refractivity contribution in [2.45, 2.75) is 437 Å². The van der Waals surface area contributed by atoms with E-state index in [9.17, 15) is 43.5 Å². The van der Waals surface area contributed by atoms with Crippen molar-refractivity contribution in [2.75, 3.05) is 39.6 Å². The first-order valence-corrected chi connectivity index (χ1v) is 53.1. The third-order valence-corrected chi connectivity index (χ3v) is 23.0. The van der Waals surface area contributed by atoms with Gasteiger partial charge in [-0.15, -0.1) is 0 Å². The van der Waals surface area contributed by atoms with Crippen molar-refractivity contribution in [2.24, 2.45) is 0 Å². The predicted molar refractivity (Wildman–Crippen MR) is 528 cm³/mol. The second-order valence-electron chi connectivity index (χ2n) is 33.2. The van der Waals surface area contributed by atoms with E-state index >= 15 is 0 Å². The number of phosphoric acid groups is 2. The van der Waals surface area contributed by atoms with E-state index in [0.717, 1.165) is 161 Å². The van der Waals surface area contributed by atoms with E-state index in [-0.39, 0.29) is 19.3 Å². The first kappa shape index (κ1) is 120. The number of unbranched alkanes of at least 4 members (excludes halogenated alkanes) is 41. The number of carbonyl (C=O) groups excluding carboxylic acids is 3. The molecule has 5 atom stereocenters. The summed E-state index contributed by atoms with van der Waals surface area (Å²) in [6.07, 6.45) is 130. The summed E-state index contributed by atoms with van der Waals surface area (Å²) in [5, 5.41) is 20.8. The number of hydrogen-bond donors (Lipinski definition) is 4. The molecule has 0 amide bonds. The Labute approximate surface area is 764 Å². The first-order valence-electron chi connectivity index (χ1n) is 50.1. The Balaban J connectivity index is 4.57. The van der Waals surface area contributed by atoms with E-state index in [0.29, 0.717) is 19.3 Å². The lowest BCUT2D eigenvalue weighted by atomic mass is 10.0. The molecule has 0 aliphatic rings. The molecule has 0 aliphatic carbocycles. The van der Waals surface area contributed by atoms with Gasteiger partial charge in [0.15, 0.2) is 6.10 Å². The van der Waals surface area contributed by atoms with Gasteiger partial charge in [-0.25, -0.2) is 9.13 Å². The molecule has 0 rings (SSSR count). The highest BCUT2D eigenvalue weighted by Crippen LogP contribution is 2.45. The third-order valence-electron chi connectivity index (χ3n) is 21.1. The van der Waals surface area contributed by atoms with Crippen LogP contribution < -0.4 is 0 Å². The van der Waals surface area contributed by atoms with Gasteiger partial charge in [0.2, 0.25) is 0 Å². The summed E-state index contributed by atoms with van der Waals surface area (Å²) < 4.78 is 61.6. The van der Waals surface area contributed by atoms with Crippen LogP contribution in [0.4, 0.5) is 0 Å². The molecule has 0 saturated heterocycles. The Bertz CT molecular complexity index is 3000. The van der Waals surface area contributed by atoms with Crippen LogP contribution in [0.5, 0.6) is 0 Å². The van der Waals surface area contributed by atoms with E-state index in [1.54, 1.807) is 0 Å². The number of carbonyl (C=O) groups is 3. The van der Waals surface area contributed by atoms with E-state index in [4.69, 9.17) is 32.3 Å². The number of ether oxygens (including phenoxy) is 3. The molecule has 125 heavy (non-hydrogen) atoms. The van der Waals surface area contributed by atoms with Crippen molar-refractivity contribution in [1.82, 2.24) is 0 Å². The molecule has 0 saturated carbocycles. The maximum Gasteiger partial charge on any atom is 0.472 e. The van der Waals surface area contributed by atoms with Crippen molar-refractivity contribution in [3.63, 3.8) is 0 Å². The highest BCUT2D eigenvalue weighted by atomic mass is 31.2. The van der Waals surface area contributed by atoms with Crippen LogP contribution in [0, 0.1) is 0 Å². The lowest BCUT2D eigenvalue weighted by Gasteiger charge is -2.21. The molecule has 0 bridgehead atoms. The number of allylic oxidation sites excluding steroid dienone is 30. The lowest BCUT2D eigenvalue weighted by molar-refractivity contribution is -0.161. The van der Waals surface area contributed by atoms with Gasteiger partial charge in [0.1, 0.15) is 25.4 Å². The zero-order chi connectivity index (χ0) is 90.7. The van der Waals surface area contributed by atoms with Crippen LogP contribution in [-0.2, 0) is 55.8 Å². The standard InChI is InChI=1S/C107H182O16P2/c1-4-7-10-13-16-19-22-25-28-31-34-37-40-42-44-46-48-49-50-51-53-55-56-58-61-63-66-69-72-75-78-81-84-87-90-93-105(110)117-96-102(108)97-119-124(113,114)120-98-103(109)99-121-125(115,116)122-101-104(123-107(112)95-92-89-86-83-80-77-74-71-68-65-60-39-36-33-30-27-24-21-18-15-12-9-6-3)100-118-106(111)94-91-88-85-82-79-76-73-70-67-64-62-59-57-54-52-47-45-43-41-38-35-32-29-26-23-20-17-14-11-8-5-2/h8-9,11-12,16-21,25-30,34-39,42-45,65,68,74,77,102-104,108-109H,4-7,10,13-15,22-24,31-33,40-41,46-64,66-67,69-73,75-76,78-101H2,1-3H3,(H,113,114)(H,115,116)/b11-8-,12-9-,19-16-,20-17-,21-18-,28-25-,29-26-,30-27-,37-34-,38-35-,39-36-,44-42-,45-43-,68-65-,77-74-. The fourth-order valence-corrected chi connectivity index (χ4v) is 15.2. The van der Waals surface area contributed by atoms with E-state index < -0.39 is 91.5 Å². The summed E-state index contributed by atoms with van der Waals surface area (Å²) in [6.45, 7) is 2.45. The second-order valence-corrected chi connectivity index (χ2v) is 36.1. The quantitative estimate of drug-likeness (QED) is 0.0146. The van der Waals surface area contributed by atoms with Crippen LogP contribution in [-0.4, -0.2) is 95.9 Å². The highest BCUT2D eigenvalue weighted by molar-refractivity contribution is 7.47. The molecule has 0 aromatic heterocycles. The largest absolute Gasteiger partial charge is 0.472 e. The zero-order valence-electron chi connectivity index (χ0n) is 79.2. The predicted octanol–water partition coefficient (Wildman–Crippen LogP) is 31.6. The molecule has 16 nitrogen and oxygen atoms in total. The van der Waals surface area contributed by atoms with Crippen molar-refractivity contribution < 1.29 is 75.8 Å². The van der Waals surface area contributed by atoms with Crippen LogP contribution in [0.25, 0.3) is 0 Å². The molecule has 0 aromatic carbocycles. The maximum atomic E-state index is 13.1. The monoisotopic (exact) mass is 1790 g/mol. The molecule has 5 unspecified atom stereocenters.